The van der Waals surface area contributed by atoms with Gasteiger partial charge in [0.15, 0.2) is 0 Å². The molecule has 1 saturated carbocycles. The Morgan fingerprint density at radius 2 is 1.94 bits per heavy atom. The van der Waals surface area contributed by atoms with Crippen molar-refractivity contribution in [3.63, 3.8) is 0 Å². The summed E-state index contributed by atoms with van der Waals surface area (Å²) in [6.07, 6.45) is 6.10. The van der Waals surface area contributed by atoms with E-state index in [1.54, 1.807) is 7.11 Å². The first-order chi connectivity index (χ1) is 8.22. The molecule has 2 N–H and O–H groups in total. The molecular weight excluding hydrogens is 218 g/mol. The normalized spacial score (nSPS) is 21.4. The van der Waals surface area contributed by atoms with Crippen LogP contribution in [0.4, 0.5) is 0 Å². The molecule has 1 aliphatic carbocycles. The molecule has 1 rings (SSSR count). The first kappa shape index (κ1) is 14.9. The molecule has 0 aromatic carbocycles. The Labute approximate surface area is 105 Å². The van der Waals surface area contributed by atoms with Crippen molar-refractivity contribution in [2.24, 2.45) is 0 Å². The van der Waals surface area contributed by atoms with E-state index in [0.29, 0.717) is 25.8 Å². The molecule has 102 valence electrons. The van der Waals surface area contributed by atoms with Gasteiger partial charge >= 0.3 is 0 Å². The molecule has 2 atom stereocenters. The fourth-order valence-corrected chi connectivity index (χ4v) is 2.23. The minimum atomic E-state index is -0.420. The second-order valence-corrected chi connectivity index (χ2v) is 5.00. The Morgan fingerprint density at radius 3 is 2.59 bits per heavy atom. The van der Waals surface area contributed by atoms with Crippen molar-refractivity contribution in [2.45, 2.75) is 57.3 Å². The highest BCUT2D eigenvalue weighted by molar-refractivity contribution is 4.73. The lowest BCUT2D eigenvalue weighted by molar-refractivity contribution is -0.0317. The Balaban J connectivity index is 2.01. The Bertz CT molecular complexity index is 184. The summed E-state index contributed by atoms with van der Waals surface area (Å²) < 4.78 is 10.4. The fourth-order valence-electron chi connectivity index (χ4n) is 2.23. The third kappa shape index (κ3) is 6.99. The third-order valence-electron chi connectivity index (χ3n) is 3.22. The van der Waals surface area contributed by atoms with E-state index >= 15 is 0 Å². The molecular formula is C13H27NO3. The maximum Gasteiger partial charge on any atom is 0.0897 e. The number of aliphatic hydroxyl groups excluding tert-OH is 1. The van der Waals surface area contributed by atoms with Crippen molar-refractivity contribution in [3.05, 3.63) is 0 Å². The Morgan fingerprint density at radius 1 is 1.24 bits per heavy atom. The van der Waals surface area contributed by atoms with Crippen LogP contribution in [0.25, 0.3) is 0 Å². The minimum Gasteiger partial charge on any atom is -0.389 e. The van der Waals surface area contributed by atoms with Crippen molar-refractivity contribution >= 4 is 0 Å². The van der Waals surface area contributed by atoms with Crippen molar-refractivity contribution in [2.75, 3.05) is 26.9 Å². The van der Waals surface area contributed by atoms with Crippen LogP contribution >= 0.6 is 0 Å². The molecule has 0 saturated heterocycles. The van der Waals surface area contributed by atoms with E-state index in [9.17, 15) is 5.11 Å². The molecule has 1 fully saturated rings. The quantitative estimate of drug-likeness (QED) is 0.677. The number of hydrogen-bond donors (Lipinski definition) is 2. The van der Waals surface area contributed by atoms with Crippen LogP contribution < -0.4 is 5.32 Å². The zero-order valence-electron chi connectivity index (χ0n) is 11.2. The van der Waals surface area contributed by atoms with Gasteiger partial charge in [0.05, 0.1) is 25.4 Å². The van der Waals surface area contributed by atoms with Crippen LogP contribution in [0.3, 0.4) is 0 Å². The third-order valence-corrected chi connectivity index (χ3v) is 3.22. The van der Waals surface area contributed by atoms with Crippen LogP contribution in [0.1, 0.15) is 39.0 Å². The van der Waals surface area contributed by atoms with Crippen LogP contribution in [0.5, 0.6) is 0 Å². The van der Waals surface area contributed by atoms with E-state index < -0.39 is 6.10 Å². The van der Waals surface area contributed by atoms with Crippen molar-refractivity contribution in [3.8, 4) is 0 Å². The molecule has 4 nitrogen and oxygen atoms in total. The maximum atomic E-state index is 9.77. The largest absolute Gasteiger partial charge is 0.389 e. The van der Waals surface area contributed by atoms with Gasteiger partial charge in [0.25, 0.3) is 0 Å². The van der Waals surface area contributed by atoms with Crippen molar-refractivity contribution in [1.82, 2.24) is 5.32 Å². The van der Waals surface area contributed by atoms with Crippen LogP contribution in [0.2, 0.25) is 0 Å². The van der Waals surface area contributed by atoms with Crippen LogP contribution in [0, 0.1) is 0 Å². The summed E-state index contributed by atoms with van der Waals surface area (Å²) in [5, 5.41) is 13.2. The molecule has 2 unspecified atom stereocenters. The molecule has 4 heteroatoms. The maximum absolute atomic E-state index is 9.77. The van der Waals surface area contributed by atoms with Gasteiger partial charge in [0.1, 0.15) is 0 Å². The molecule has 0 radical (unpaired) electrons. The molecule has 0 aromatic rings. The number of nitrogens with one attached hydrogen (secondary N) is 1. The second-order valence-electron chi connectivity index (χ2n) is 5.00. The van der Waals surface area contributed by atoms with E-state index in [1.165, 1.54) is 32.1 Å². The van der Waals surface area contributed by atoms with Gasteiger partial charge < -0.3 is 19.9 Å². The lowest BCUT2D eigenvalue weighted by Crippen LogP contribution is -2.39. The summed E-state index contributed by atoms with van der Waals surface area (Å²) in [6, 6.07) is 0.592. The smallest absolute Gasteiger partial charge is 0.0897 e. The van der Waals surface area contributed by atoms with Gasteiger partial charge in [0.2, 0.25) is 0 Å². The summed E-state index contributed by atoms with van der Waals surface area (Å²) in [5.41, 5.74) is 0. The van der Waals surface area contributed by atoms with Gasteiger partial charge in [-0.2, -0.15) is 0 Å². The monoisotopic (exact) mass is 245 g/mol. The van der Waals surface area contributed by atoms with Gasteiger partial charge in [-0.05, 0) is 19.8 Å². The zero-order valence-corrected chi connectivity index (χ0v) is 11.2. The zero-order chi connectivity index (χ0) is 12.5. The first-order valence-corrected chi connectivity index (χ1v) is 6.74. The predicted molar refractivity (Wildman–Crippen MR) is 68.2 cm³/mol. The molecule has 0 aromatic heterocycles. The molecule has 1 aliphatic rings. The molecule has 0 bridgehead atoms. The van der Waals surface area contributed by atoms with Crippen molar-refractivity contribution in [1.29, 1.82) is 0 Å². The molecule has 0 amide bonds. The van der Waals surface area contributed by atoms with Crippen molar-refractivity contribution < 1.29 is 14.6 Å². The lowest BCUT2D eigenvalue weighted by atomic mass is 9.95. The van der Waals surface area contributed by atoms with Gasteiger partial charge in [-0.1, -0.05) is 19.3 Å². The lowest BCUT2D eigenvalue weighted by Gasteiger charge is -2.24. The van der Waals surface area contributed by atoms with Crippen LogP contribution in [0.15, 0.2) is 0 Å². The van der Waals surface area contributed by atoms with Crippen LogP contribution in [-0.4, -0.2) is 50.2 Å². The highest BCUT2D eigenvalue weighted by atomic mass is 16.5. The number of aliphatic hydroxyl groups is 1. The van der Waals surface area contributed by atoms with E-state index in [1.807, 2.05) is 6.92 Å². The van der Waals surface area contributed by atoms with E-state index in [-0.39, 0.29) is 6.10 Å². The van der Waals surface area contributed by atoms with Gasteiger partial charge in [-0.3, -0.25) is 0 Å². The standard InChI is InChI=1S/C13H27NO3/c1-11(9-16-2)17-10-13(15)8-14-12-6-4-3-5-7-12/h11-15H,3-10H2,1-2H3. The number of ether oxygens (including phenoxy) is 2. The summed E-state index contributed by atoms with van der Waals surface area (Å²) in [4.78, 5) is 0. The number of rotatable bonds is 8. The summed E-state index contributed by atoms with van der Waals surface area (Å²) in [5.74, 6) is 0. The highest BCUT2D eigenvalue weighted by Crippen LogP contribution is 2.17. The number of methoxy groups -OCH3 is 1. The Kier molecular flexibility index (Phi) is 7.77. The summed E-state index contributed by atoms with van der Waals surface area (Å²) in [6.45, 7) is 3.53. The summed E-state index contributed by atoms with van der Waals surface area (Å²) >= 11 is 0. The summed E-state index contributed by atoms with van der Waals surface area (Å²) in [7, 11) is 1.65. The highest BCUT2D eigenvalue weighted by Gasteiger charge is 2.14. The average molecular weight is 245 g/mol. The number of hydrogen-bond acceptors (Lipinski definition) is 4. The molecule has 0 aliphatic heterocycles. The van der Waals surface area contributed by atoms with Gasteiger partial charge in [-0.15, -0.1) is 0 Å². The van der Waals surface area contributed by atoms with Gasteiger partial charge in [0, 0.05) is 19.7 Å². The van der Waals surface area contributed by atoms with Crippen LogP contribution in [-0.2, 0) is 9.47 Å². The van der Waals surface area contributed by atoms with E-state index in [2.05, 4.69) is 5.32 Å². The van der Waals surface area contributed by atoms with E-state index in [0.717, 1.165) is 0 Å². The Hall–Kier alpha value is -0.160. The minimum absolute atomic E-state index is 0.0457. The predicted octanol–water partition coefficient (Wildman–Crippen LogP) is 1.32. The molecule has 0 heterocycles. The molecule has 0 spiro atoms. The average Bonchev–Trinajstić information content (AvgIpc) is 2.35. The van der Waals surface area contributed by atoms with Gasteiger partial charge in [-0.25, -0.2) is 0 Å². The van der Waals surface area contributed by atoms with E-state index in [4.69, 9.17) is 9.47 Å². The molecule has 17 heavy (non-hydrogen) atoms. The second kappa shape index (κ2) is 8.86. The fraction of sp³-hybridized carbons (Fsp3) is 1.00. The topological polar surface area (TPSA) is 50.7 Å². The first-order valence-electron chi connectivity index (χ1n) is 6.74. The SMILES string of the molecule is COCC(C)OCC(O)CNC1CCCCC1.